The van der Waals surface area contributed by atoms with E-state index in [4.69, 9.17) is 15.6 Å². The van der Waals surface area contributed by atoms with Crippen molar-refractivity contribution in [1.29, 1.82) is 0 Å². The third kappa shape index (κ3) is 6.42. The van der Waals surface area contributed by atoms with Crippen molar-refractivity contribution in [3.05, 3.63) is 29.8 Å². The Kier molecular flexibility index (Phi) is 6.19. The third-order valence-corrected chi connectivity index (χ3v) is 2.31. The van der Waals surface area contributed by atoms with E-state index in [2.05, 4.69) is 9.99 Å². The molecule has 0 bridgehead atoms. The number of rotatable bonds is 7. The molecule has 1 aromatic rings. The lowest BCUT2D eigenvalue weighted by molar-refractivity contribution is -0.147. The highest BCUT2D eigenvalue weighted by molar-refractivity contribution is 5.97. The van der Waals surface area contributed by atoms with E-state index in [1.54, 1.807) is 24.3 Å². The molecule has 0 aliphatic carbocycles. The zero-order valence-corrected chi connectivity index (χ0v) is 11.9. The second kappa shape index (κ2) is 7.88. The summed E-state index contributed by atoms with van der Waals surface area (Å²) in [4.78, 5) is 26.0. The number of carboxylic acids is 1. The van der Waals surface area contributed by atoms with E-state index < -0.39 is 11.9 Å². The zero-order chi connectivity index (χ0) is 15.8. The summed E-state index contributed by atoms with van der Waals surface area (Å²) in [5, 5.41) is 11.9. The van der Waals surface area contributed by atoms with Crippen LogP contribution in [0, 0.1) is 0 Å². The average molecular weight is 294 g/mol. The van der Waals surface area contributed by atoms with E-state index in [1.165, 1.54) is 0 Å². The van der Waals surface area contributed by atoms with Crippen molar-refractivity contribution in [2.24, 2.45) is 10.9 Å². The van der Waals surface area contributed by atoms with Gasteiger partial charge in [0.1, 0.15) is 5.75 Å². The van der Waals surface area contributed by atoms with Crippen LogP contribution < -0.4 is 10.5 Å². The average Bonchev–Trinajstić information content (AvgIpc) is 2.42. The number of hydrogen-bond donors (Lipinski definition) is 2. The summed E-state index contributed by atoms with van der Waals surface area (Å²) in [6.45, 7) is 3.83. The molecule has 0 fully saturated rings. The lowest BCUT2D eigenvalue weighted by Crippen LogP contribution is -2.15. The first kappa shape index (κ1) is 16.5. The van der Waals surface area contributed by atoms with Crippen molar-refractivity contribution in [2.75, 3.05) is 0 Å². The van der Waals surface area contributed by atoms with Crippen molar-refractivity contribution in [3.8, 4) is 5.75 Å². The summed E-state index contributed by atoms with van der Waals surface area (Å²) >= 11 is 0. The molecular weight excluding hydrogens is 276 g/mol. The number of amidine groups is 1. The molecule has 0 heterocycles. The van der Waals surface area contributed by atoms with Crippen LogP contribution in [0.5, 0.6) is 5.75 Å². The molecule has 0 radical (unpaired) electrons. The number of benzene rings is 1. The maximum Gasteiger partial charge on any atom is 0.335 e. The Balaban J connectivity index is 2.57. The van der Waals surface area contributed by atoms with Gasteiger partial charge in [-0.15, -0.1) is 0 Å². The smallest absolute Gasteiger partial charge is 0.335 e. The summed E-state index contributed by atoms with van der Waals surface area (Å²) in [5.41, 5.74) is 6.23. The molecule has 114 valence electrons. The van der Waals surface area contributed by atoms with Crippen molar-refractivity contribution in [2.45, 2.75) is 32.8 Å². The number of carboxylic acid groups (broad SMARTS) is 1. The maximum absolute atomic E-state index is 11.2. The van der Waals surface area contributed by atoms with E-state index in [0.29, 0.717) is 11.3 Å². The topological polar surface area (TPSA) is 111 Å². The van der Waals surface area contributed by atoms with Gasteiger partial charge >= 0.3 is 11.9 Å². The summed E-state index contributed by atoms with van der Waals surface area (Å²) < 4.78 is 5.48. The van der Waals surface area contributed by atoms with Gasteiger partial charge in [0.05, 0.1) is 18.9 Å². The van der Waals surface area contributed by atoms with Gasteiger partial charge in [0, 0.05) is 5.56 Å². The fourth-order valence-corrected chi connectivity index (χ4v) is 1.38. The minimum Gasteiger partial charge on any atom is -0.491 e. The number of aliphatic carboxylic acids is 1. The van der Waals surface area contributed by atoms with Gasteiger partial charge in [-0.25, -0.2) is 4.79 Å². The van der Waals surface area contributed by atoms with Gasteiger partial charge in [-0.05, 0) is 38.1 Å². The van der Waals surface area contributed by atoms with Crippen molar-refractivity contribution in [1.82, 2.24) is 0 Å². The van der Waals surface area contributed by atoms with Crippen LogP contribution in [0.4, 0.5) is 0 Å². The number of nitrogens with zero attached hydrogens (tertiary/aromatic N) is 1. The Morgan fingerprint density at radius 3 is 2.38 bits per heavy atom. The molecule has 0 aliphatic rings. The highest BCUT2D eigenvalue weighted by atomic mass is 16.7. The van der Waals surface area contributed by atoms with Gasteiger partial charge in [0.25, 0.3) is 0 Å². The molecule has 1 rings (SSSR count). The van der Waals surface area contributed by atoms with Crippen LogP contribution in [0.3, 0.4) is 0 Å². The summed E-state index contributed by atoms with van der Waals surface area (Å²) in [5.74, 6) is -1.11. The second-order valence-electron chi connectivity index (χ2n) is 4.52. The molecule has 1 aromatic carbocycles. The lowest BCUT2D eigenvalue weighted by Gasteiger charge is -2.09. The molecule has 0 saturated heterocycles. The van der Waals surface area contributed by atoms with E-state index in [9.17, 15) is 9.59 Å². The van der Waals surface area contributed by atoms with E-state index in [-0.39, 0.29) is 24.8 Å². The first-order valence-corrected chi connectivity index (χ1v) is 6.40. The standard InChI is InChI=1S/C14H18N2O5/c1-9(2)20-11-5-3-10(4-6-11)14(15)16-21-13(19)8-7-12(17)18/h3-6,9H,7-8H2,1-2H3,(H2,15,16)(H,17,18). The van der Waals surface area contributed by atoms with Crippen LogP contribution in [-0.4, -0.2) is 29.0 Å². The molecule has 0 aromatic heterocycles. The molecule has 0 unspecified atom stereocenters. The molecule has 3 N–H and O–H groups in total. The monoisotopic (exact) mass is 294 g/mol. The first-order chi connectivity index (χ1) is 9.88. The van der Waals surface area contributed by atoms with E-state index in [1.807, 2.05) is 13.8 Å². The lowest BCUT2D eigenvalue weighted by atomic mass is 10.2. The van der Waals surface area contributed by atoms with Crippen LogP contribution in [-0.2, 0) is 14.4 Å². The van der Waals surface area contributed by atoms with Crippen molar-refractivity contribution < 1.29 is 24.3 Å². The second-order valence-corrected chi connectivity index (χ2v) is 4.52. The first-order valence-electron chi connectivity index (χ1n) is 6.40. The van der Waals surface area contributed by atoms with E-state index >= 15 is 0 Å². The van der Waals surface area contributed by atoms with Gasteiger partial charge in [-0.3, -0.25) is 4.79 Å². The summed E-state index contributed by atoms with van der Waals surface area (Å²) in [6.07, 6.45) is -0.500. The highest BCUT2D eigenvalue weighted by Gasteiger charge is 2.07. The molecule has 0 atom stereocenters. The highest BCUT2D eigenvalue weighted by Crippen LogP contribution is 2.13. The molecule has 7 heteroatoms. The zero-order valence-electron chi connectivity index (χ0n) is 11.9. The molecule has 0 saturated carbocycles. The van der Waals surface area contributed by atoms with Crippen LogP contribution in [0.25, 0.3) is 0 Å². The van der Waals surface area contributed by atoms with Crippen LogP contribution in [0.15, 0.2) is 29.4 Å². The minimum absolute atomic E-state index is 0.0229. The predicted octanol–water partition coefficient (Wildman–Crippen LogP) is 1.50. The fraction of sp³-hybridized carbons (Fsp3) is 0.357. The molecule has 0 spiro atoms. The van der Waals surface area contributed by atoms with E-state index in [0.717, 1.165) is 0 Å². The van der Waals surface area contributed by atoms with Crippen molar-refractivity contribution in [3.63, 3.8) is 0 Å². The van der Waals surface area contributed by atoms with Crippen molar-refractivity contribution >= 4 is 17.8 Å². The normalized spacial score (nSPS) is 11.3. The fourth-order valence-electron chi connectivity index (χ4n) is 1.38. The van der Waals surface area contributed by atoms with Crippen LogP contribution in [0.2, 0.25) is 0 Å². The number of nitrogens with two attached hydrogens (primary N) is 1. The Bertz CT molecular complexity index is 523. The van der Waals surface area contributed by atoms with Gasteiger partial charge in [0.15, 0.2) is 5.84 Å². The SMILES string of the molecule is CC(C)Oc1ccc(/C(N)=N/OC(=O)CCC(=O)O)cc1. The molecule has 0 amide bonds. The number of carbonyl (C=O) groups is 2. The Labute approximate surface area is 122 Å². The molecule has 21 heavy (non-hydrogen) atoms. The summed E-state index contributed by atoms with van der Waals surface area (Å²) in [6, 6.07) is 6.82. The van der Waals surface area contributed by atoms with Crippen LogP contribution >= 0.6 is 0 Å². The Morgan fingerprint density at radius 1 is 1.24 bits per heavy atom. The van der Waals surface area contributed by atoms with Gasteiger partial charge in [-0.1, -0.05) is 5.16 Å². The van der Waals surface area contributed by atoms with Crippen LogP contribution in [0.1, 0.15) is 32.3 Å². The largest absolute Gasteiger partial charge is 0.491 e. The van der Waals surface area contributed by atoms with Gasteiger partial charge in [-0.2, -0.15) is 0 Å². The van der Waals surface area contributed by atoms with Gasteiger partial charge in [0.2, 0.25) is 0 Å². The maximum atomic E-state index is 11.2. The number of hydrogen-bond acceptors (Lipinski definition) is 5. The Hall–Kier alpha value is -2.57. The molecule has 0 aliphatic heterocycles. The molecule has 7 nitrogen and oxygen atoms in total. The molecular formula is C14H18N2O5. The number of ether oxygens (including phenoxy) is 1. The number of carbonyl (C=O) groups excluding carboxylic acids is 1. The quantitative estimate of drug-likeness (QED) is 0.341. The Morgan fingerprint density at radius 2 is 1.86 bits per heavy atom. The predicted molar refractivity (Wildman–Crippen MR) is 75.9 cm³/mol. The van der Waals surface area contributed by atoms with Gasteiger partial charge < -0.3 is 20.4 Å². The summed E-state index contributed by atoms with van der Waals surface area (Å²) in [7, 11) is 0. The minimum atomic E-state index is -1.08. The third-order valence-electron chi connectivity index (χ3n) is 2.31. The number of oxime groups is 1.